The summed E-state index contributed by atoms with van der Waals surface area (Å²) in [5.74, 6) is 0. The quantitative estimate of drug-likeness (QED) is 0.124. The van der Waals surface area contributed by atoms with Crippen LogP contribution in [0.1, 0.15) is 208 Å². The third-order valence-electron chi connectivity index (χ3n) is 10.7. The van der Waals surface area contributed by atoms with Crippen LogP contribution >= 0.6 is 58.2 Å². The number of halogens is 4. The molecule has 2 aromatic rings. The highest BCUT2D eigenvalue weighted by atomic mass is 35.9. The van der Waals surface area contributed by atoms with Crippen molar-refractivity contribution in [3.05, 3.63) is 57.6 Å². The summed E-state index contributed by atoms with van der Waals surface area (Å²) in [5.41, 5.74) is 8.37. The Morgan fingerprint density at radius 3 is 0.860 bits per heavy atom. The first-order valence-electron chi connectivity index (χ1n) is 19.1. The first-order valence-corrected chi connectivity index (χ1v) is 25.4. The lowest BCUT2D eigenvalue weighted by atomic mass is 9.70. The Bertz CT molecular complexity index is 1290. The summed E-state index contributed by atoms with van der Waals surface area (Å²) in [5, 5.41) is 2.32. The number of unbranched alkanes of at least 4 members (excludes halogenated alkanes) is 7. The van der Waals surface area contributed by atoms with Crippen LogP contribution in [0.15, 0.2) is 24.3 Å². The van der Waals surface area contributed by atoms with Crippen LogP contribution < -0.4 is 10.6 Å². The predicted octanol–water partition coefficient (Wildman–Crippen LogP) is 16.9. The summed E-state index contributed by atoms with van der Waals surface area (Å²) in [7, 11) is 0. The number of benzene rings is 2. The van der Waals surface area contributed by atoms with Gasteiger partial charge in [-0.1, -0.05) is 219 Å². The molecule has 0 aliphatic heterocycles. The SMILES string of the molecule is CC(C)(C)c1cc(P(Cl)Cl)c(C(C)(C)CCCCCCCCCCC(C)(C)c2c(P(Cl)Cl)cc(C(C)(C)C)cc2C(C)(C)C)c(C(C)(C)C)c1. The van der Waals surface area contributed by atoms with E-state index in [1.54, 1.807) is 0 Å². The van der Waals surface area contributed by atoms with Gasteiger partial charge in [-0.3, -0.25) is 0 Å². The Morgan fingerprint density at radius 1 is 0.380 bits per heavy atom. The Morgan fingerprint density at radius 2 is 0.640 bits per heavy atom. The standard InChI is InChI=1S/C44H72Cl4P2/c1-39(2,3)31-27-33(41(7,8)9)37(35(29-31)49(45)46)43(13,14)25-23-21-19-17-18-20-22-24-26-44(15,16)38-34(42(10,11)12)28-32(40(4,5)6)30-36(38)50(47)48/h27-30H,17-26H2,1-16H3. The molecule has 0 N–H and O–H groups in total. The van der Waals surface area contributed by atoms with Gasteiger partial charge in [0, 0.05) is 10.6 Å². The summed E-state index contributed by atoms with van der Waals surface area (Å²) in [4.78, 5) is 0. The highest BCUT2D eigenvalue weighted by molar-refractivity contribution is 8.09. The maximum atomic E-state index is 6.75. The van der Waals surface area contributed by atoms with Crippen LogP contribution in [0, 0.1) is 0 Å². The molecule has 2 rings (SSSR count). The van der Waals surface area contributed by atoms with Crippen molar-refractivity contribution in [2.75, 3.05) is 0 Å². The van der Waals surface area contributed by atoms with Crippen molar-refractivity contribution in [2.24, 2.45) is 0 Å². The van der Waals surface area contributed by atoms with Crippen molar-refractivity contribution in [3.63, 3.8) is 0 Å². The largest absolute Gasteiger partial charge is 0.117 e. The summed E-state index contributed by atoms with van der Waals surface area (Å²) in [6.45, 7) is 34.7. The average Bonchev–Trinajstić information content (AvgIpc) is 2.94. The molecule has 0 saturated heterocycles. The third-order valence-corrected chi connectivity index (χ3v) is 14.3. The van der Waals surface area contributed by atoms with E-state index >= 15 is 0 Å². The second-order valence-electron chi connectivity index (χ2n) is 20.4. The van der Waals surface area contributed by atoms with Crippen molar-refractivity contribution in [1.82, 2.24) is 0 Å². The van der Waals surface area contributed by atoms with Gasteiger partial charge in [-0.15, -0.1) is 0 Å². The van der Waals surface area contributed by atoms with E-state index in [2.05, 4.69) is 135 Å². The molecule has 0 radical (unpaired) electrons. The lowest BCUT2D eigenvalue weighted by molar-refractivity contribution is 0.423. The van der Waals surface area contributed by atoms with E-state index in [0.29, 0.717) is 0 Å². The minimum Gasteiger partial charge on any atom is -0.0727 e. The van der Waals surface area contributed by atoms with E-state index in [9.17, 15) is 0 Å². The molecule has 0 bridgehead atoms. The lowest BCUT2D eigenvalue weighted by Crippen LogP contribution is -2.32. The molecule has 0 atom stereocenters. The minimum atomic E-state index is -1.24. The summed E-state index contributed by atoms with van der Waals surface area (Å²) >= 11 is 27.0. The third kappa shape index (κ3) is 13.0. The van der Waals surface area contributed by atoms with Crippen molar-refractivity contribution in [2.45, 2.75) is 207 Å². The van der Waals surface area contributed by atoms with Gasteiger partial charge in [0.1, 0.15) is 13.3 Å². The molecule has 50 heavy (non-hydrogen) atoms. The molecular formula is C44H72Cl4P2. The Kier molecular flexibility index (Phi) is 16.7. The molecule has 0 spiro atoms. The van der Waals surface area contributed by atoms with Crippen LogP contribution in [-0.2, 0) is 32.5 Å². The Balaban J connectivity index is 1.99. The molecule has 0 aliphatic carbocycles. The zero-order valence-corrected chi connectivity index (χ0v) is 39.6. The van der Waals surface area contributed by atoms with E-state index in [4.69, 9.17) is 45.0 Å². The number of rotatable bonds is 15. The van der Waals surface area contributed by atoms with Crippen LogP contribution in [0.25, 0.3) is 0 Å². The predicted molar refractivity (Wildman–Crippen MR) is 236 cm³/mol. The van der Waals surface area contributed by atoms with E-state index in [1.165, 1.54) is 84.7 Å². The molecule has 0 aromatic heterocycles. The molecule has 0 fully saturated rings. The first kappa shape index (κ1) is 46.6. The van der Waals surface area contributed by atoms with E-state index in [-0.39, 0.29) is 32.5 Å². The normalized spacial score (nSPS) is 14.0. The van der Waals surface area contributed by atoms with Crippen LogP contribution in [0.4, 0.5) is 0 Å². The Labute approximate surface area is 332 Å². The fourth-order valence-corrected chi connectivity index (χ4v) is 10.7. The molecule has 0 heterocycles. The van der Waals surface area contributed by atoms with Crippen LogP contribution in [0.3, 0.4) is 0 Å². The van der Waals surface area contributed by atoms with Crippen molar-refractivity contribution < 1.29 is 0 Å². The molecule has 2 aromatic carbocycles. The highest BCUT2D eigenvalue weighted by Crippen LogP contribution is 2.52. The maximum absolute atomic E-state index is 6.75. The zero-order chi connectivity index (χ0) is 38.7. The molecule has 0 aliphatic rings. The van der Waals surface area contributed by atoms with Crippen LogP contribution in [-0.4, -0.2) is 0 Å². The van der Waals surface area contributed by atoms with Gasteiger partial charge < -0.3 is 0 Å². The average molecular weight is 805 g/mol. The number of hydrogen-bond acceptors (Lipinski definition) is 0. The monoisotopic (exact) mass is 802 g/mol. The maximum Gasteiger partial charge on any atom is 0.117 e. The molecule has 0 saturated carbocycles. The summed E-state index contributed by atoms with van der Waals surface area (Å²) in [6, 6.07) is 9.48. The van der Waals surface area contributed by atoms with Gasteiger partial charge >= 0.3 is 0 Å². The molecule has 0 unspecified atom stereocenters. The Hall–Kier alpha value is 0.460. The topological polar surface area (TPSA) is 0 Å². The van der Waals surface area contributed by atoms with E-state index < -0.39 is 13.3 Å². The smallest absolute Gasteiger partial charge is 0.0727 e. The fourth-order valence-electron chi connectivity index (χ4n) is 7.44. The van der Waals surface area contributed by atoms with Gasteiger partial charge in [0.05, 0.1) is 0 Å². The van der Waals surface area contributed by atoms with E-state index in [1.807, 2.05) is 0 Å². The van der Waals surface area contributed by atoms with Crippen LogP contribution in [0.5, 0.6) is 0 Å². The summed E-state index contributed by atoms with van der Waals surface area (Å²) < 4.78 is 0. The molecule has 286 valence electrons. The first-order chi connectivity index (χ1) is 22.5. The van der Waals surface area contributed by atoms with Gasteiger partial charge in [-0.25, -0.2) is 0 Å². The molecule has 6 heteroatoms. The molecule has 0 nitrogen and oxygen atoms in total. The lowest BCUT2D eigenvalue weighted by Gasteiger charge is -2.37. The molecule has 0 amide bonds. The fraction of sp³-hybridized carbons (Fsp3) is 0.727. The van der Waals surface area contributed by atoms with Gasteiger partial charge in [-0.05, 0) is 90.8 Å². The van der Waals surface area contributed by atoms with Crippen molar-refractivity contribution in [3.8, 4) is 0 Å². The second-order valence-corrected chi connectivity index (χ2v) is 27.4. The van der Waals surface area contributed by atoms with Gasteiger partial charge in [0.15, 0.2) is 0 Å². The highest BCUT2D eigenvalue weighted by Gasteiger charge is 2.36. The zero-order valence-electron chi connectivity index (χ0n) is 34.8. The van der Waals surface area contributed by atoms with Gasteiger partial charge in [-0.2, -0.15) is 0 Å². The minimum absolute atomic E-state index is 0.0133. The number of hydrogen-bond donors (Lipinski definition) is 0. The van der Waals surface area contributed by atoms with Crippen LogP contribution in [0.2, 0.25) is 0 Å². The van der Waals surface area contributed by atoms with Gasteiger partial charge in [0.2, 0.25) is 0 Å². The van der Waals surface area contributed by atoms with E-state index in [0.717, 1.165) is 23.5 Å². The van der Waals surface area contributed by atoms with Crippen molar-refractivity contribution >= 4 is 68.8 Å². The summed E-state index contributed by atoms with van der Waals surface area (Å²) in [6.07, 6.45) is 12.5. The van der Waals surface area contributed by atoms with Gasteiger partial charge in [0.25, 0.3) is 0 Å². The van der Waals surface area contributed by atoms with Crippen molar-refractivity contribution in [1.29, 1.82) is 0 Å². The second kappa shape index (κ2) is 17.9. The molecular weight excluding hydrogens is 732 g/mol.